The van der Waals surface area contributed by atoms with Crippen LogP contribution in [-0.4, -0.2) is 27.5 Å². The minimum absolute atomic E-state index is 0.101. The zero-order valence-corrected chi connectivity index (χ0v) is 11.7. The van der Waals surface area contributed by atoms with Gasteiger partial charge in [0.25, 0.3) is 5.69 Å². The molecule has 0 amide bonds. The third-order valence-corrected chi connectivity index (χ3v) is 4.51. The van der Waals surface area contributed by atoms with Crippen LogP contribution in [0.4, 0.5) is 11.5 Å². The Hall–Kier alpha value is -1.82. The summed E-state index contributed by atoms with van der Waals surface area (Å²) in [5.74, 6) is 3.23. The highest BCUT2D eigenvalue weighted by atomic mass is 32.2. The minimum atomic E-state index is -0.384. The summed E-state index contributed by atoms with van der Waals surface area (Å²) >= 11 is 1.99. The number of benzene rings is 1. The fourth-order valence-electron chi connectivity index (χ4n) is 2.36. The molecule has 1 aromatic carbocycles. The number of thioether (sulfide) groups is 1. The Morgan fingerprint density at radius 2 is 2.05 bits per heavy atom. The quantitative estimate of drug-likeness (QED) is 0.692. The molecule has 2 aromatic rings. The number of pyridine rings is 1. The van der Waals surface area contributed by atoms with Crippen LogP contribution in [-0.2, 0) is 0 Å². The van der Waals surface area contributed by atoms with Gasteiger partial charge in [-0.15, -0.1) is 0 Å². The lowest BCUT2D eigenvalue weighted by molar-refractivity contribution is -0.384. The van der Waals surface area contributed by atoms with Crippen molar-refractivity contribution in [2.75, 3.05) is 16.8 Å². The van der Waals surface area contributed by atoms with E-state index in [9.17, 15) is 10.1 Å². The SMILES string of the molecule is O=[N+]([O-])c1ccc2nc(NC3CCSCC3)ccc2c1. The van der Waals surface area contributed by atoms with Gasteiger partial charge in [0.15, 0.2) is 0 Å². The first kappa shape index (κ1) is 13.2. The van der Waals surface area contributed by atoms with Gasteiger partial charge in [0, 0.05) is 23.6 Å². The van der Waals surface area contributed by atoms with Crippen molar-refractivity contribution in [2.24, 2.45) is 0 Å². The fourth-order valence-corrected chi connectivity index (χ4v) is 3.46. The summed E-state index contributed by atoms with van der Waals surface area (Å²) in [5.41, 5.74) is 0.884. The second kappa shape index (κ2) is 5.66. The van der Waals surface area contributed by atoms with Gasteiger partial charge in [-0.1, -0.05) is 0 Å². The molecule has 0 aliphatic carbocycles. The Morgan fingerprint density at radius 3 is 2.80 bits per heavy atom. The second-order valence-electron chi connectivity index (χ2n) is 4.86. The number of non-ortho nitro benzene ring substituents is 1. The molecule has 1 N–H and O–H groups in total. The molecule has 1 fully saturated rings. The van der Waals surface area contributed by atoms with Crippen LogP contribution >= 0.6 is 11.8 Å². The zero-order valence-electron chi connectivity index (χ0n) is 10.9. The molecule has 3 rings (SSSR count). The number of nitrogens with zero attached hydrogens (tertiary/aromatic N) is 2. The van der Waals surface area contributed by atoms with E-state index < -0.39 is 0 Å². The summed E-state index contributed by atoms with van der Waals surface area (Å²) < 4.78 is 0. The Balaban J connectivity index is 1.83. The van der Waals surface area contributed by atoms with Gasteiger partial charge < -0.3 is 5.32 Å². The van der Waals surface area contributed by atoms with Gasteiger partial charge in [-0.2, -0.15) is 11.8 Å². The van der Waals surface area contributed by atoms with Gasteiger partial charge in [0.05, 0.1) is 10.4 Å². The van der Waals surface area contributed by atoms with E-state index in [1.807, 2.05) is 23.9 Å². The average molecular weight is 289 g/mol. The second-order valence-corrected chi connectivity index (χ2v) is 6.09. The predicted octanol–water partition coefficient (Wildman–Crippen LogP) is 3.45. The third kappa shape index (κ3) is 2.85. The Kier molecular flexibility index (Phi) is 3.73. The molecule has 0 spiro atoms. The maximum Gasteiger partial charge on any atom is 0.270 e. The van der Waals surface area contributed by atoms with E-state index in [0.717, 1.165) is 29.6 Å². The molecular formula is C14H15N3O2S. The van der Waals surface area contributed by atoms with Crippen LogP contribution in [0.2, 0.25) is 0 Å². The molecule has 20 heavy (non-hydrogen) atoms. The van der Waals surface area contributed by atoms with E-state index in [-0.39, 0.29) is 10.6 Å². The van der Waals surface area contributed by atoms with Crippen molar-refractivity contribution in [3.05, 3.63) is 40.4 Å². The maximum absolute atomic E-state index is 10.7. The summed E-state index contributed by atoms with van der Waals surface area (Å²) in [7, 11) is 0. The number of nitrogens with one attached hydrogen (secondary N) is 1. The summed E-state index contributed by atoms with van der Waals surface area (Å²) in [6, 6.07) is 9.03. The van der Waals surface area contributed by atoms with Crippen LogP contribution in [0.5, 0.6) is 0 Å². The first-order valence-corrected chi connectivity index (χ1v) is 7.77. The minimum Gasteiger partial charge on any atom is -0.367 e. The normalized spacial score (nSPS) is 16.2. The van der Waals surface area contributed by atoms with Crippen molar-refractivity contribution >= 4 is 34.2 Å². The lowest BCUT2D eigenvalue weighted by Crippen LogP contribution is -2.24. The van der Waals surface area contributed by atoms with Crippen molar-refractivity contribution in [3.63, 3.8) is 0 Å². The van der Waals surface area contributed by atoms with Gasteiger partial charge in [-0.05, 0) is 42.5 Å². The molecule has 1 aliphatic heterocycles. The summed E-state index contributed by atoms with van der Waals surface area (Å²) in [6.07, 6.45) is 2.31. The number of nitro benzene ring substituents is 1. The number of hydrogen-bond donors (Lipinski definition) is 1. The molecule has 1 saturated heterocycles. The zero-order chi connectivity index (χ0) is 13.9. The molecule has 6 heteroatoms. The van der Waals surface area contributed by atoms with E-state index in [1.165, 1.54) is 17.6 Å². The van der Waals surface area contributed by atoms with E-state index in [1.54, 1.807) is 12.1 Å². The Labute approximate surface area is 120 Å². The molecule has 0 unspecified atom stereocenters. The van der Waals surface area contributed by atoms with Crippen LogP contribution in [0.15, 0.2) is 30.3 Å². The van der Waals surface area contributed by atoms with Gasteiger partial charge in [-0.25, -0.2) is 4.98 Å². The molecule has 0 radical (unpaired) electrons. The fraction of sp³-hybridized carbons (Fsp3) is 0.357. The number of rotatable bonds is 3. The molecule has 0 saturated carbocycles. The lowest BCUT2D eigenvalue weighted by atomic mass is 10.1. The van der Waals surface area contributed by atoms with Crippen LogP contribution in [0, 0.1) is 10.1 Å². The van der Waals surface area contributed by atoms with Crippen molar-refractivity contribution < 1.29 is 4.92 Å². The highest BCUT2D eigenvalue weighted by molar-refractivity contribution is 7.99. The molecule has 1 aliphatic rings. The average Bonchev–Trinajstić information content (AvgIpc) is 2.47. The van der Waals surface area contributed by atoms with Crippen LogP contribution in [0.3, 0.4) is 0 Å². The standard InChI is InChI=1S/C14H15N3O2S/c18-17(19)12-2-3-13-10(9-12)1-4-14(16-13)15-11-5-7-20-8-6-11/h1-4,9,11H,5-8H2,(H,15,16). The Bertz CT molecular complexity index is 641. The predicted molar refractivity (Wildman–Crippen MR) is 82.4 cm³/mol. The highest BCUT2D eigenvalue weighted by Crippen LogP contribution is 2.23. The van der Waals surface area contributed by atoms with E-state index in [4.69, 9.17) is 0 Å². The van der Waals surface area contributed by atoms with Crippen LogP contribution in [0.1, 0.15) is 12.8 Å². The van der Waals surface area contributed by atoms with Crippen molar-refractivity contribution in [1.82, 2.24) is 4.98 Å². The largest absolute Gasteiger partial charge is 0.367 e. The molecule has 2 heterocycles. The lowest BCUT2D eigenvalue weighted by Gasteiger charge is -2.23. The first-order chi connectivity index (χ1) is 9.72. The van der Waals surface area contributed by atoms with Crippen LogP contribution < -0.4 is 5.32 Å². The number of fused-ring (bicyclic) bond motifs is 1. The molecule has 1 aromatic heterocycles. The van der Waals surface area contributed by atoms with Crippen molar-refractivity contribution in [2.45, 2.75) is 18.9 Å². The van der Waals surface area contributed by atoms with E-state index in [2.05, 4.69) is 10.3 Å². The molecular weight excluding hydrogens is 274 g/mol. The highest BCUT2D eigenvalue weighted by Gasteiger charge is 2.14. The summed E-state index contributed by atoms with van der Waals surface area (Å²) in [6.45, 7) is 0. The molecule has 0 atom stereocenters. The Morgan fingerprint density at radius 1 is 1.25 bits per heavy atom. The van der Waals surface area contributed by atoms with Gasteiger partial charge in [0.2, 0.25) is 0 Å². The monoisotopic (exact) mass is 289 g/mol. The van der Waals surface area contributed by atoms with Gasteiger partial charge in [-0.3, -0.25) is 10.1 Å². The van der Waals surface area contributed by atoms with E-state index >= 15 is 0 Å². The van der Waals surface area contributed by atoms with Gasteiger partial charge in [0.1, 0.15) is 5.82 Å². The van der Waals surface area contributed by atoms with Gasteiger partial charge >= 0.3 is 0 Å². The van der Waals surface area contributed by atoms with Crippen LogP contribution in [0.25, 0.3) is 10.9 Å². The molecule has 104 valence electrons. The summed E-state index contributed by atoms with van der Waals surface area (Å²) in [4.78, 5) is 14.9. The first-order valence-electron chi connectivity index (χ1n) is 6.62. The molecule has 0 bridgehead atoms. The molecule has 5 nitrogen and oxygen atoms in total. The maximum atomic E-state index is 10.7. The number of nitro groups is 1. The number of hydrogen-bond acceptors (Lipinski definition) is 5. The van der Waals surface area contributed by atoms with E-state index in [0.29, 0.717) is 6.04 Å². The number of anilines is 1. The van der Waals surface area contributed by atoms with Crippen molar-refractivity contribution in [1.29, 1.82) is 0 Å². The number of aromatic nitrogens is 1. The topological polar surface area (TPSA) is 68.1 Å². The van der Waals surface area contributed by atoms with Crippen molar-refractivity contribution in [3.8, 4) is 0 Å². The third-order valence-electron chi connectivity index (χ3n) is 3.46. The smallest absolute Gasteiger partial charge is 0.270 e. The summed E-state index contributed by atoms with van der Waals surface area (Å²) in [5, 5.41) is 15.0.